The maximum Gasteiger partial charge on any atom is 0.408 e. The molecular formula is C59H57N5O5. The zero-order valence-corrected chi connectivity index (χ0v) is 39.0. The molecule has 0 radical (unpaired) electrons. The smallest absolute Gasteiger partial charge is 0.408 e. The minimum Gasteiger partial charge on any atom is -0.489 e. The molecule has 69 heavy (non-hydrogen) atoms. The lowest BCUT2D eigenvalue weighted by atomic mass is 9.76. The highest BCUT2D eigenvalue weighted by Crippen LogP contribution is 2.42. The van der Waals surface area contributed by atoms with Gasteiger partial charge in [-0.1, -0.05) is 208 Å². The average molecular weight is 916 g/mol. The molecule has 10 heteroatoms. The number of ether oxygens (including phenoxy) is 2. The molecule has 0 saturated carbocycles. The molecule has 8 rings (SSSR count). The molecule has 1 heterocycles. The molecule has 0 saturated heterocycles. The van der Waals surface area contributed by atoms with E-state index in [2.05, 4.69) is 65.4 Å². The predicted molar refractivity (Wildman–Crippen MR) is 269 cm³/mol. The molecule has 0 bridgehead atoms. The van der Waals surface area contributed by atoms with Crippen LogP contribution in [-0.2, 0) is 51.5 Å². The van der Waals surface area contributed by atoms with Gasteiger partial charge in [-0.15, -0.1) is 0 Å². The fourth-order valence-electron chi connectivity index (χ4n) is 8.67. The van der Waals surface area contributed by atoms with Crippen molar-refractivity contribution in [1.82, 2.24) is 25.1 Å². The highest BCUT2D eigenvalue weighted by atomic mass is 16.5. The molecular weight excluding hydrogens is 859 g/mol. The minimum absolute atomic E-state index is 0.00105. The molecule has 0 spiro atoms. The van der Waals surface area contributed by atoms with Crippen molar-refractivity contribution in [1.29, 1.82) is 0 Å². The summed E-state index contributed by atoms with van der Waals surface area (Å²) in [6, 6.07) is 66.1. The topological polar surface area (TPSA) is 115 Å². The Balaban J connectivity index is 1.15. The van der Waals surface area contributed by atoms with Gasteiger partial charge in [0.15, 0.2) is 0 Å². The highest BCUT2D eigenvalue weighted by molar-refractivity contribution is 5.90. The third-order valence-corrected chi connectivity index (χ3v) is 12.3. The van der Waals surface area contributed by atoms with Gasteiger partial charge in [0.1, 0.15) is 30.5 Å². The Morgan fingerprint density at radius 3 is 1.59 bits per heavy atom. The zero-order valence-electron chi connectivity index (χ0n) is 39.0. The van der Waals surface area contributed by atoms with Crippen LogP contribution in [0.2, 0.25) is 0 Å². The predicted octanol–water partition coefficient (Wildman–Crippen LogP) is 10.3. The van der Waals surface area contributed by atoms with E-state index in [1.807, 2.05) is 170 Å². The summed E-state index contributed by atoms with van der Waals surface area (Å²) < 4.78 is 13.9. The molecule has 0 fully saturated rings. The number of imidazole rings is 1. The van der Waals surface area contributed by atoms with E-state index in [-0.39, 0.29) is 32.0 Å². The Kier molecular flexibility index (Phi) is 15.4. The summed E-state index contributed by atoms with van der Waals surface area (Å²) in [5, 5.41) is 6.04. The van der Waals surface area contributed by atoms with Crippen LogP contribution < -0.4 is 15.4 Å². The number of hydrogen-bond donors (Lipinski definition) is 2. The van der Waals surface area contributed by atoms with Crippen molar-refractivity contribution in [2.75, 3.05) is 13.1 Å². The monoisotopic (exact) mass is 915 g/mol. The van der Waals surface area contributed by atoms with Crippen molar-refractivity contribution >= 4 is 17.9 Å². The van der Waals surface area contributed by atoms with Crippen molar-refractivity contribution in [3.63, 3.8) is 0 Å². The first-order chi connectivity index (χ1) is 33.7. The van der Waals surface area contributed by atoms with Gasteiger partial charge in [0.2, 0.25) is 11.8 Å². The molecule has 1 unspecified atom stereocenters. The summed E-state index contributed by atoms with van der Waals surface area (Å²) in [5.41, 5.74) is 5.87. The summed E-state index contributed by atoms with van der Waals surface area (Å²) in [4.78, 5) is 49.7. The first-order valence-electron chi connectivity index (χ1n) is 23.2. The number of nitrogens with one attached hydrogen (secondary N) is 2. The van der Waals surface area contributed by atoms with E-state index in [9.17, 15) is 9.59 Å². The van der Waals surface area contributed by atoms with Gasteiger partial charge in [-0.05, 0) is 51.1 Å². The van der Waals surface area contributed by atoms with Crippen LogP contribution in [0, 0.1) is 0 Å². The van der Waals surface area contributed by atoms with Gasteiger partial charge in [0.25, 0.3) is 0 Å². The molecule has 1 atom stereocenters. The average Bonchev–Trinajstić information content (AvgIpc) is 3.86. The van der Waals surface area contributed by atoms with Gasteiger partial charge in [-0.3, -0.25) is 9.59 Å². The molecule has 10 nitrogen and oxygen atoms in total. The van der Waals surface area contributed by atoms with Crippen molar-refractivity contribution in [2.45, 2.75) is 57.0 Å². The van der Waals surface area contributed by atoms with E-state index >= 15 is 4.79 Å². The van der Waals surface area contributed by atoms with Gasteiger partial charge < -0.3 is 29.6 Å². The molecule has 8 aromatic rings. The largest absolute Gasteiger partial charge is 0.489 e. The Morgan fingerprint density at radius 1 is 0.594 bits per heavy atom. The van der Waals surface area contributed by atoms with Crippen LogP contribution in [0.5, 0.6) is 5.75 Å². The van der Waals surface area contributed by atoms with Crippen LogP contribution in [-0.4, -0.2) is 51.5 Å². The third-order valence-electron chi connectivity index (χ3n) is 12.3. The lowest BCUT2D eigenvalue weighted by Gasteiger charge is -2.39. The van der Waals surface area contributed by atoms with E-state index in [0.29, 0.717) is 24.6 Å². The lowest BCUT2D eigenvalue weighted by molar-refractivity contribution is -0.138. The van der Waals surface area contributed by atoms with Crippen LogP contribution in [0.4, 0.5) is 4.79 Å². The van der Waals surface area contributed by atoms with Gasteiger partial charge >= 0.3 is 6.09 Å². The lowest BCUT2D eigenvalue weighted by Crippen LogP contribution is -2.52. The van der Waals surface area contributed by atoms with E-state index in [1.54, 1.807) is 12.5 Å². The maximum atomic E-state index is 15.5. The van der Waals surface area contributed by atoms with Crippen LogP contribution in [0.1, 0.15) is 58.5 Å². The number of carbonyl (C=O) groups excluding carboxylic acids is 3. The van der Waals surface area contributed by atoms with Crippen molar-refractivity contribution in [3.05, 3.63) is 263 Å². The molecule has 3 amide bonds. The van der Waals surface area contributed by atoms with Gasteiger partial charge in [-0.25, -0.2) is 9.78 Å². The summed E-state index contributed by atoms with van der Waals surface area (Å²) in [6.07, 6.45) is 2.73. The Bertz CT molecular complexity index is 2760. The number of rotatable bonds is 20. The number of aromatic nitrogens is 2. The Labute approximate surface area is 404 Å². The van der Waals surface area contributed by atoms with Crippen LogP contribution in [0.25, 0.3) is 0 Å². The first kappa shape index (κ1) is 47.3. The summed E-state index contributed by atoms with van der Waals surface area (Å²) in [5.74, 6) is -0.165. The van der Waals surface area contributed by atoms with Gasteiger partial charge in [0, 0.05) is 36.8 Å². The van der Waals surface area contributed by atoms with E-state index in [4.69, 9.17) is 14.5 Å². The molecule has 0 aliphatic heterocycles. The fraction of sp³-hybridized carbons (Fsp3) is 0.186. The normalized spacial score (nSPS) is 11.8. The molecule has 1 aromatic heterocycles. The van der Waals surface area contributed by atoms with Crippen molar-refractivity contribution in [2.24, 2.45) is 0 Å². The maximum absolute atomic E-state index is 15.5. The molecule has 2 N–H and O–H groups in total. The van der Waals surface area contributed by atoms with Crippen LogP contribution in [0.3, 0.4) is 0 Å². The van der Waals surface area contributed by atoms with Crippen LogP contribution >= 0.6 is 0 Å². The molecule has 348 valence electrons. The summed E-state index contributed by atoms with van der Waals surface area (Å²) in [7, 11) is 0. The standard InChI is InChI=1S/C59H57N5O5/c1-58(2,48-25-13-5-14-26-48)43-61-55(65)40-63(39-45-33-35-53(36-34-45)68-41-46-21-9-3-10-22-46)56(66)54(62-57(67)69-42-47-23-11-4-12-24-47)37-52-38-60-44-64(52)59(49-27-15-6-16-28-49,50-29-17-7-18-30-50)51-31-19-8-20-32-51/h3-36,38,44,54H,37,39-43H2,1-2H3,(H,61,65)(H,62,67). The van der Waals surface area contributed by atoms with Crippen LogP contribution in [0.15, 0.2) is 219 Å². The summed E-state index contributed by atoms with van der Waals surface area (Å²) >= 11 is 0. The van der Waals surface area contributed by atoms with Crippen molar-refractivity contribution in [3.8, 4) is 5.75 Å². The second kappa shape index (κ2) is 22.5. The number of amides is 3. The second-order valence-electron chi connectivity index (χ2n) is 17.7. The second-order valence-corrected chi connectivity index (χ2v) is 17.7. The number of carbonyl (C=O) groups is 3. The van der Waals surface area contributed by atoms with E-state index in [1.165, 1.54) is 4.90 Å². The quantitative estimate of drug-likeness (QED) is 0.0736. The molecule has 0 aliphatic rings. The Morgan fingerprint density at radius 2 is 1.07 bits per heavy atom. The number of nitrogens with zero attached hydrogens (tertiary/aromatic N) is 3. The number of benzene rings is 7. The van der Waals surface area contributed by atoms with E-state index in [0.717, 1.165) is 38.9 Å². The SMILES string of the molecule is CC(C)(CNC(=O)CN(Cc1ccc(OCc2ccccc2)cc1)C(=O)C(Cc1cncn1C(c1ccccc1)(c1ccccc1)c1ccccc1)NC(=O)OCc1ccccc1)c1ccccc1. The molecule has 7 aromatic carbocycles. The summed E-state index contributed by atoms with van der Waals surface area (Å²) in [6.45, 7) is 4.63. The number of hydrogen-bond acceptors (Lipinski definition) is 6. The third kappa shape index (κ3) is 11.8. The zero-order chi connectivity index (χ0) is 47.9. The minimum atomic E-state index is -1.20. The molecule has 0 aliphatic carbocycles. The van der Waals surface area contributed by atoms with Crippen molar-refractivity contribution < 1.29 is 23.9 Å². The van der Waals surface area contributed by atoms with E-state index < -0.39 is 29.0 Å². The highest BCUT2D eigenvalue weighted by Gasteiger charge is 2.41. The van der Waals surface area contributed by atoms with Gasteiger partial charge in [0.05, 0.1) is 12.9 Å². The fourth-order valence-corrected chi connectivity index (χ4v) is 8.67. The number of alkyl carbamates (subject to hydrolysis) is 1. The Hall–Kier alpha value is -8.24. The van der Waals surface area contributed by atoms with Gasteiger partial charge in [-0.2, -0.15) is 0 Å². The first-order valence-corrected chi connectivity index (χ1v) is 23.2.